The Kier molecular flexibility index (Phi) is 4.21. The van der Waals surface area contributed by atoms with Crippen molar-refractivity contribution in [2.75, 3.05) is 0 Å². The highest BCUT2D eigenvalue weighted by molar-refractivity contribution is 9.10. The largest absolute Gasteiger partial charge is 0.277 e. The molecule has 4 rings (SSSR count). The second-order valence-corrected chi connectivity index (χ2v) is 7.16. The maximum absolute atomic E-state index is 12.8. The highest BCUT2D eigenvalue weighted by Gasteiger charge is 2.25. The molecule has 5 nitrogen and oxygen atoms in total. The summed E-state index contributed by atoms with van der Waals surface area (Å²) in [7, 11) is 0. The molecule has 2 aromatic heterocycles. The van der Waals surface area contributed by atoms with Crippen LogP contribution in [0.15, 0.2) is 52.1 Å². The second-order valence-electron chi connectivity index (χ2n) is 6.31. The van der Waals surface area contributed by atoms with Crippen LogP contribution in [-0.4, -0.2) is 19.7 Å². The van der Waals surface area contributed by atoms with E-state index in [1.54, 1.807) is 24.7 Å². The molecular weight excluding hydrogens is 380 g/mol. The average molecular weight is 397 g/mol. The summed E-state index contributed by atoms with van der Waals surface area (Å²) in [5.74, 6) is 0.732. The lowest BCUT2D eigenvalue weighted by molar-refractivity contribution is 0.563. The minimum Gasteiger partial charge on any atom is -0.267 e. The molecule has 0 fully saturated rings. The summed E-state index contributed by atoms with van der Waals surface area (Å²) in [4.78, 5) is 21.0. The van der Waals surface area contributed by atoms with Crippen molar-refractivity contribution in [2.45, 2.75) is 32.1 Å². The molecule has 25 heavy (non-hydrogen) atoms. The summed E-state index contributed by atoms with van der Waals surface area (Å²) in [6.45, 7) is 2.14. The first-order chi connectivity index (χ1) is 12.1. The van der Waals surface area contributed by atoms with Gasteiger partial charge >= 0.3 is 0 Å². The van der Waals surface area contributed by atoms with E-state index in [1.807, 2.05) is 0 Å². The Balaban J connectivity index is 1.70. The Bertz CT molecular complexity index is 984. The first-order valence-electron chi connectivity index (χ1n) is 8.27. The number of nitrogens with zero attached hydrogens (tertiary/aromatic N) is 4. The Morgan fingerprint density at radius 1 is 1.20 bits per heavy atom. The summed E-state index contributed by atoms with van der Waals surface area (Å²) in [5.41, 5.74) is 4.39. The van der Waals surface area contributed by atoms with Gasteiger partial charge in [-0.1, -0.05) is 28.1 Å². The predicted octanol–water partition coefficient (Wildman–Crippen LogP) is 3.37. The smallest absolute Gasteiger partial charge is 0.267 e. The zero-order chi connectivity index (χ0) is 17.4. The highest BCUT2D eigenvalue weighted by atomic mass is 79.9. The Morgan fingerprint density at radius 3 is 2.80 bits per heavy atom. The molecule has 0 saturated carbocycles. The molecular formula is C19H17BrN4O. The van der Waals surface area contributed by atoms with Crippen molar-refractivity contribution < 1.29 is 0 Å². The molecule has 1 aliphatic rings. The Labute approximate surface area is 153 Å². The van der Waals surface area contributed by atoms with Crippen LogP contribution in [0.3, 0.4) is 0 Å². The lowest BCUT2D eigenvalue weighted by Crippen LogP contribution is -2.30. The molecule has 1 aliphatic carbocycles. The van der Waals surface area contributed by atoms with Gasteiger partial charge in [0.1, 0.15) is 0 Å². The van der Waals surface area contributed by atoms with Crippen LogP contribution in [0.4, 0.5) is 0 Å². The van der Waals surface area contributed by atoms with Crippen LogP contribution in [0.25, 0.3) is 5.95 Å². The molecule has 2 heterocycles. The molecule has 0 bridgehead atoms. The number of hydrogen-bond acceptors (Lipinski definition) is 4. The molecule has 1 unspecified atom stereocenters. The number of rotatable bonds is 2. The third-order valence-electron chi connectivity index (χ3n) is 4.87. The van der Waals surface area contributed by atoms with Gasteiger partial charge in [0, 0.05) is 22.4 Å². The van der Waals surface area contributed by atoms with Crippen LogP contribution in [0, 0.1) is 6.92 Å². The summed E-state index contributed by atoms with van der Waals surface area (Å²) < 4.78 is 2.43. The molecule has 0 saturated heterocycles. The number of halogens is 1. The summed E-state index contributed by atoms with van der Waals surface area (Å²) in [6.07, 6.45) is 7.57. The van der Waals surface area contributed by atoms with Gasteiger partial charge in [-0.2, -0.15) is 9.78 Å². The van der Waals surface area contributed by atoms with E-state index in [4.69, 9.17) is 0 Å². The van der Waals surface area contributed by atoms with E-state index in [1.165, 1.54) is 15.8 Å². The van der Waals surface area contributed by atoms with Crippen molar-refractivity contribution in [3.63, 3.8) is 0 Å². The fraction of sp³-hybridized carbons (Fsp3) is 0.263. The van der Waals surface area contributed by atoms with Gasteiger partial charge in [0.2, 0.25) is 0 Å². The SMILES string of the molecule is Cc1c(Br)cccc1C1CCc2c(cnn(-c3ncccn3)c2=O)C1. The van der Waals surface area contributed by atoms with E-state index in [-0.39, 0.29) is 5.56 Å². The monoisotopic (exact) mass is 396 g/mol. The average Bonchev–Trinajstić information content (AvgIpc) is 2.65. The van der Waals surface area contributed by atoms with E-state index < -0.39 is 0 Å². The topological polar surface area (TPSA) is 60.7 Å². The summed E-state index contributed by atoms with van der Waals surface area (Å²) in [6, 6.07) is 8.04. The van der Waals surface area contributed by atoms with E-state index in [2.05, 4.69) is 56.1 Å². The van der Waals surface area contributed by atoms with Crippen molar-refractivity contribution in [1.29, 1.82) is 0 Å². The minimum atomic E-state index is -0.104. The second kappa shape index (κ2) is 6.52. The van der Waals surface area contributed by atoms with E-state index in [0.29, 0.717) is 11.9 Å². The Morgan fingerprint density at radius 2 is 2.00 bits per heavy atom. The highest BCUT2D eigenvalue weighted by Crippen LogP contribution is 2.34. The third-order valence-corrected chi connectivity index (χ3v) is 5.73. The maximum Gasteiger partial charge on any atom is 0.277 e. The van der Waals surface area contributed by atoms with Gasteiger partial charge < -0.3 is 0 Å². The molecule has 0 aliphatic heterocycles. The van der Waals surface area contributed by atoms with Gasteiger partial charge in [-0.3, -0.25) is 4.79 Å². The van der Waals surface area contributed by atoms with Crippen LogP contribution in [0.2, 0.25) is 0 Å². The minimum absolute atomic E-state index is 0.104. The molecule has 0 radical (unpaired) electrons. The molecule has 0 amide bonds. The van der Waals surface area contributed by atoms with Crippen LogP contribution in [0.1, 0.15) is 34.6 Å². The van der Waals surface area contributed by atoms with Gasteiger partial charge in [-0.25, -0.2) is 9.97 Å². The quantitative estimate of drug-likeness (QED) is 0.666. The van der Waals surface area contributed by atoms with Crippen molar-refractivity contribution in [1.82, 2.24) is 19.7 Å². The van der Waals surface area contributed by atoms with Crippen LogP contribution < -0.4 is 5.56 Å². The van der Waals surface area contributed by atoms with Crippen LogP contribution in [-0.2, 0) is 12.8 Å². The third kappa shape index (κ3) is 2.91. The molecule has 1 aromatic carbocycles. The summed E-state index contributed by atoms with van der Waals surface area (Å²) >= 11 is 3.61. The maximum atomic E-state index is 12.8. The molecule has 1 atom stereocenters. The normalized spacial score (nSPS) is 16.5. The van der Waals surface area contributed by atoms with Crippen LogP contribution in [0.5, 0.6) is 0 Å². The number of hydrogen-bond donors (Lipinski definition) is 0. The zero-order valence-electron chi connectivity index (χ0n) is 13.8. The fourth-order valence-electron chi connectivity index (χ4n) is 3.53. The standard InChI is InChI=1S/C19H17BrN4O/c1-12-15(4-2-5-17(12)20)13-6-7-16-14(10-13)11-23-24(18(16)25)19-21-8-3-9-22-19/h2-5,8-9,11,13H,6-7,10H2,1H3. The van der Waals surface area contributed by atoms with E-state index in [9.17, 15) is 4.79 Å². The van der Waals surface area contributed by atoms with Gasteiger partial charge in [-0.05, 0) is 60.9 Å². The number of fused-ring (bicyclic) bond motifs is 1. The van der Waals surface area contributed by atoms with Crippen molar-refractivity contribution in [3.8, 4) is 5.95 Å². The number of aromatic nitrogens is 4. The van der Waals surface area contributed by atoms with Crippen molar-refractivity contribution >= 4 is 15.9 Å². The van der Waals surface area contributed by atoms with Gasteiger partial charge in [0.15, 0.2) is 0 Å². The predicted molar refractivity (Wildman–Crippen MR) is 99.1 cm³/mol. The lowest BCUT2D eigenvalue weighted by atomic mass is 9.80. The number of benzene rings is 1. The fourth-order valence-corrected chi connectivity index (χ4v) is 3.91. The van der Waals surface area contributed by atoms with Crippen molar-refractivity contribution in [3.05, 3.63) is 79.9 Å². The van der Waals surface area contributed by atoms with E-state index in [0.717, 1.165) is 34.9 Å². The first kappa shape index (κ1) is 16.1. The lowest BCUT2D eigenvalue weighted by Gasteiger charge is -2.26. The molecule has 126 valence electrons. The molecule has 0 N–H and O–H groups in total. The Hall–Kier alpha value is -2.34. The molecule has 0 spiro atoms. The van der Waals surface area contributed by atoms with Crippen molar-refractivity contribution in [2.24, 2.45) is 0 Å². The van der Waals surface area contributed by atoms with Crippen LogP contribution >= 0.6 is 15.9 Å². The molecule has 6 heteroatoms. The van der Waals surface area contributed by atoms with Gasteiger partial charge in [0.25, 0.3) is 11.5 Å². The zero-order valence-corrected chi connectivity index (χ0v) is 15.4. The van der Waals surface area contributed by atoms with Gasteiger partial charge in [-0.15, -0.1) is 0 Å². The summed E-state index contributed by atoms with van der Waals surface area (Å²) in [5, 5.41) is 4.30. The molecule has 3 aromatic rings. The first-order valence-corrected chi connectivity index (χ1v) is 9.07. The van der Waals surface area contributed by atoms with Gasteiger partial charge in [0.05, 0.1) is 6.20 Å². The van der Waals surface area contributed by atoms with E-state index >= 15 is 0 Å².